The van der Waals surface area contributed by atoms with Crippen LogP contribution in [0.25, 0.3) is 11.3 Å². The Morgan fingerprint density at radius 1 is 1.17 bits per heavy atom. The van der Waals surface area contributed by atoms with E-state index >= 15 is 0 Å². The number of carbonyl (C=O) groups excluding carboxylic acids is 3. The van der Waals surface area contributed by atoms with E-state index in [1.54, 1.807) is 43.3 Å². The summed E-state index contributed by atoms with van der Waals surface area (Å²) in [7, 11) is 0. The second-order valence-electron chi connectivity index (χ2n) is 6.47. The summed E-state index contributed by atoms with van der Waals surface area (Å²) >= 11 is 0. The fraction of sp³-hybridized carbons (Fsp3) is 0.143. The third-order valence-corrected chi connectivity index (χ3v) is 4.41. The van der Waals surface area contributed by atoms with Gasteiger partial charge in [0.05, 0.1) is 6.20 Å². The van der Waals surface area contributed by atoms with Gasteiger partial charge in [0.25, 0.3) is 11.8 Å². The summed E-state index contributed by atoms with van der Waals surface area (Å²) in [6, 6.07) is 11.8. The molecule has 0 bridgehead atoms. The van der Waals surface area contributed by atoms with Gasteiger partial charge < -0.3 is 15.6 Å². The van der Waals surface area contributed by atoms with Crippen LogP contribution in [0, 0.1) is 12.7 Å². The molecule has 1 aromatic heterocycles. The number of hydrogen-bond acceptors (Lipinski definition) is 5. The van der Waals surface area contributed by atoms with Crippen LogP contribution in [0.4, 0.5) is 4.39 Å². The number of rotatable bonds is 7. The van der Waals surface area contributed by atoms with Gasteiger partial charge in [-0.05, 0) is 30.2 Å². The second kappa shape index (κ2) is 8.47. The Hall–Kier alpha value is -3.81. The number of aryl methyl sites for hydroxylation is 1. The van der Waals surface area contributed by atoms with Gasteiger partial charge in [0.1, 0.15) is 17.4 Å². The van der Waals surface area contributed by atoms with Crippen molar-refractivity contribution in [3.05, 3.63) is 77.2 Å². The summed E-state index contributed by atoms with van der Waals surface area (Å²) in [6.45, 7) is 1.73. The van der Waals surface area contributed by atoms with Gasteiger partial charge in [-0.3, -0.25) is 14.4 Å². The molecule has 0 aliphatic rings. The number of nitrogens with zero attached hydrogens (tertiary/aromatic N) is 1. The number of aromatic nitrogens is 1. The average molecular weight is 395 g/mol. The van der Waals surface area contributed by atoms with E-state index in [1.807, 2.05) is 0 Å². The van der Waals surface area contributed by atoms with Crippen LogP contribution in [0.1, 0.15) is 21.5 Å². The van der Waals surface area contributed by atoms with E-state index in [4.69, 9.17) is 10.3 Å². The molecule has 3 aromatic rings. The Kier molecular flexibility index (Phi) is 5.82. The van der Waals surface area contributed by atoms with Crippen LogP contribution in [-0.2, 0) is 16.0 Å². The van der Waals surface area contributed by atoms with Gasteiger partial charge in [0, 0.05) is 12.0 Å². The molecule has 0 saturated carbocycles. The molecule has 3 rings (SSSR count). The van der Waals surface area contributed by atoms with Crippen molar-refractivity contribution in [3.8, 4) is 11.3 Å². The van der Waals surface area contributed by atoms with Crippen molar-refractivity contribution in [1.82, 2.24) is 10.5 Å². The first kappa shape index (κ1) is 19.9. The molecule has 0 radical (unpaired) electrons. The first-order valence-corrected chi connectivity index (χ1v) is 8.76. The summed E-state index contributed by atoms with van der Waals surface area (Å²) < 4.78 is 18.8. The highest BCUT2D eigenvalue weighted by Crippen LogP contribution is 2.27. The number of hydrogen-bond donors (Lipinski definition) is 2. The molecule has 7 nitrogen and oxygen atoms in total. The van der Waals surface area contributed by atoms with E-state index in [2.05, 4.69) is 10.5 Å². The Morgan fingerprint density at radius 2 is 1.90 bits per heavy atom. The molecule has 2 aromatic carbocycles. The van der Waals surface area contributed by atoms with Crippen molar-refractivity contribution in [2.45, 2.75) is 19.4 Å². The standard InChI is InChI=1S/C21H18FN3O4/c1-12-7-8-14(22)10-15(12)19-16(11-24-29-19)21(28)25-17(18(26)20(23)27)9-13-5-3-2-4-6-13/h2-8,10-11,17H,9H2,1H3,(H2,23,27)(H,25,28). The zero-order chi connectivity index (χ0) is 21.0. The number of primary amides is 1. The van der Waals surface area contributed by atoms with E-state index < -0.39 is 29.5 Å². The summed E-state index contributed by atoms with van der Waals surface area (Å²) in [4.78, 5) is 36.5. The molecular formula is C21H18FN3O4. The van der Waals surface area contributed by atoms with Gasteiger partial charge in [-0.25, -0.2) is 4.39 Å². The molecule has 1 unspecified atom stereocenters. The smallest absolute Gasteiger partial charge is 0.287 e. The molecule has 0 saturated heterocycles. The minimum absolute atomic E-state index is 0.00836. The van der Waals surface area contributed by atoms with E-state index in [0.717, 1.165) is 5.56 Å². The maximum Gasteiger partial charge on any atom is 0.287 e. The molecule has 0 aliphatic carbocycles. The quantitative estimate of drug-likeness (QED) is 0.595. The van der Waals surface area contributed by atoms with E-state index in [1.165, 1.54) is 18.3 Å². The molecule has 8 heteroatoms. The number of Topliss-reactive ketones (excluding diaryl/α,β-unsaturated/α-hetero) is 1. The zero-order valence-electron chi connectivity index (χ0n) is 15.5. The van der Waals surface area contributed by atoms with E-state index in [9.17, 15) is 18.8 Å². The highest BCUT2D eigenvalue weighted by Gasteiger charge is 2.28. The minimum Gasteiger partial charge on any atom is -0.363 e. The van der Waals surface area contributed by atoms with Gasteiger partial charge in [0.15, 0.2) is 5.76 Å². The molecule has 0 spiro atoms. The minimum atomic E-state index is -1.17. The summed E-state index contributed by atoms with van der Waals surface area (Å²) in [5.74, 6) is -3.22. The van der Waals surface area contributed by atoms with E-state index in [0.29, 0.717) is 11.1 Å². The van der Waals surface area contributed by atoms with Gasteiger partial charge in [-0.15, -0.1) is 0 Å². The van der Waals surface area contributed by atoms with Gasteiger partial charge in [0.2, 0.25) is 5.78 Å². The van der Waals surface area contributed by atoms with Crippen molar-refractivity contribution in [2.75, 3.05) is 0 Å². The number of nitrogens with two attached hydrogens (primary N) is 1. The fourth-order valence-electron chi connectivity index (χ4n) is 2.90. The summed E-state index contributed by atoms with van der Waals surface area (Å²) in [6.07, 6.45) is 1.25. The maximum atomic E-state index is 13.7. The van der Waals surface area contributed by atoms with Crippen molar-refractivity contribution in [2.24, 2.45) is 5.73 Å². The number of halogens is 1. The van der Waals surface area contributed by atoms with Gasteiger partial charge >= 0.3 is 0 Å². The van der Waals surface area contributed by atoms with Crippen LogP contribution < -0.4 is 11.1 Å². The highest BCUT2D eigenvalue weighted by molar-refractivity contribution is 6.38. The van der Waals surface area contributed by atoms with Crippen LogP contribution in [0.15, 0.2) is 59.3 Å². The number of amides is 2. The average Bonchev–Trinajstić information content (AvgIpc) is 3.19. The SMILES string of the molecule is Cc1ccc(F)cc1-c1oncc1C(=O)NC(Cc1ccccc1)C(=O)C(N)=O. The number of benzene rings is 2. The molecule has 148 valence electrons. The highest BCUT2D eigenvalue weighted by atomic mass is 19.1. The number of ketones is 1. The maximum absolute atomic E-state index is 13.7. The lowest BCUT2D eigenvalue weighted by molar-refractivity contribution is -0.137. The molecule has 3 N–H and O–H groups in total. The molecule has 29 heavy (non-hydrogen) atoms. The Balaban J connectivity index is 1.89. The summed E-state index contributed by atoms with van der Waals surface area (Å²) in [5.41, 5.74) is 6.90. The lowest BCUT2D eigenvalue weighted by Gasteiger charge is -2.16. The third-order valence-electron chi connectivity index (χ3n) is 4.41. The Morgan fingerprint density at radius 3 is 2.59 bits per heavy atom. The summed E-state index contributed by atoms with van der Waals surface area (Å²) in [5, 5.41) is 6.14. The predicted octanol–water partition coefficient (Wildman–Crippen LogP) is 2.18. The molecule has 0 fully saturated rings. The number of carbonyl (C=O) groups is 3. The van der Waals surface area contributed by atoms with Crippen molar-refractivity contribution >= 4 is 17.6 Å². The lowest BCUT2D eigenvalue weighted by atomic mass is 10.00. The van der Waals surface area contributed by atoms with Crippen molar-refractivity contribution in [1.29, 1.82) is 0 Å². The molecular weight excluding hydrogens is 377 g/mol. The predicted molar refractivity (Wildman–Crippen MR) is 102 cm³/mol. The van der Waals surface area contributed by atoms with Crippen LogP contribution in [-0.4, -0.2) is 28.8 Å². The van der Waals surface area contributed by atoms with Crippen LogP contribution >= 0.6 is 0 Å². The van der Waals surface area contributed by atoms with Crippen LogP contribution in [0.3, 0.4) is 0 Å². The van der Waals surface area contributed by atoms with Gasteiger partial charge in [-0.1, -0.05) is 41.6 Å². The lowest BCUT2D eigenvalue weighted by Crippen LogP contribution is -2.47. The third kappa shape index (κ3) is 4.55. The Bertz CT molecular complexity index is 1060. The second-order valence-corrected chi connectivity index (χ2v) is 6.47. The normalized spacial score (nSPS) is 11.7. The first-order valence-electron chi connectivity index (χ1n) is 8.76. The molecule has 1 atom stereocenters. The monoisotopic (exact) mass is 395 g/mol. The van der Waals surface area contributed by atoms with Gasteiger partial charge in [-0.2, -0.15) is 0 Å². The largest absolute Gasteiger partial charge is 0.363 e. The number of nitrogens with one attached hydrogen (secondary N) is 1. The first-order chi connectivity index (χ1) is 13.9. The van der Waals surface area contributed by atoms with Crippen LogP contribution in [0.2, 0.25) is 0 Å². The zero-order valence-corrected chi connectivity index (χ0v) is 15.5. The van der Waals surface area contributed by atoms with E-state index in [-0.39, 0.29) is 17.7 Å². The van der Waals surface area contributed by atoms with Crippen molar-refractivity contribution in [3.63, 3.8) is 0 Å². The molecule has 1 heterocycles. The fourth-order valence-corrected chi connectivity index (χ4v) is 2.90. The molecule has 0 aliphatic heterocycles. The Labute approximate surface area is 165 Å². The van der Waals surface area contributed by atoms with Crippen LogP contribution in [0.5, 0.6) is 0 Å². The topological polar surface area (TPSA) is 115 Å². The van der Waals surface area contributed by atoms with Crippen molar-refractivity contribution < 1.29 is 23.3 Å². The molecule has 2 amide bonds.